The zero-order chi connectivity index (χ0) is 13.7. The van der Waals surface area contributed by atoms with Crippen LogP contribution in [-0.4, -0.2) is 11.3 Å². The second-order valence-electron chi connectivity index (χ2n) is 3.82. The number of halogens is 1. The summed E-state index contributed by atoms with van der Waals surface area (Å²) in [6.45, 7) is 0. The number of allylic oxidation sites excluding steroid dienone is 5. The van der Waals surface area contributed by atoms with Crippen molar-refractivity contribution in [3.63, 3.8) is 0 Å². The van der Waals surface area contributed by atoms with Crippen LogP contribution in [0.4, 0.5) is 0 Å². The Kier molecular flexibility index (Phi) is 4.11. The van der Waals surface area contributed by atoms with Crippen LogP contribution in [0, 0.1) is 11.3 Å². The van der Waals surface area contributed by atoms with E-state index >= 15 is 0 Å². The highest BCUT2D eigenvalue weighted by atomic mass is 35.5. The zero-order valence-electron chi connectivity index (χ0n) is 9.84. The molecule has 0 saturated heterocycles. The van der Waals surface area contributed by atoms with Crippen LogP contribution < -0.4 is 4.74 Å². The first-order valence-corrected chi connectivity index (χ1v) is 5.84. The van der Waals surface area contributed by atoms with Crippen LogP contribution >= 0.6 is 11.6 Å². The minimum Gasteiger partial charge on any atom is -0.460 e. The summed E-state index contributed by atoms with van der Waals surface area (Å²) in [4.78, 5) is 14.7. The van der Waals surface area contributed by atoms with E-state index < -0.39 is 0 Å². The van der Waals surface area contributed by atoms with Crippen molar-refractivity contribution >= 4 is 17.9 Å². The van der Waals surface area contributed by atoms with Gasteiger partial charge in [-0.3, -0.25) is 9.78 Å². The lowest BCUT2D eigenvalue weighted by Gasteiger charge is -2.08. The summed E-state index contributed by atoms with van der Waals surface area (Å²) >= 11 is 5.81. The Balaban J connectivity index is 2.24. The molecule has 0 saturated carbocycles. The largest absolute Gasteiger partial charge is 0.460 e. The van der Waals surface area contributed by atoms with E-state index in [2.05, 4.69) is 4.98 Å². The van der Waals surface area contributed by atoms with Crippen molar-refractivity contribution in [3.8, 4) is 11.8 Å². The molecule has 0 aromatic carbocycles. The van der Waals surface area contributed by atoms with Crippen LogP contribution in [0.2, 0.25) is 5.02 Å². The molecule has 0 spiro atoms. The molecule has 0 radical (unpaired) electrons. The van der Waals surface area contributed by atoms with E-state index in [0.717, 1.165) is 0 Å². The molecule has 0 N–H and O–H groups in total. The minimum atomic E-state index is 0.316. The Morgan fingerprint density at radius 2 is 2.26 bits per heavy atom. The number of nitriles is 1. The predicted molar refractivity (Wildman–Crippen MR) is 70.4 cm³/mol. The number of carbonyl (C=O) groups is 1. The molecule has 5 heteroatoms. The SMILES string of the molecule is N#CC1=CC(C=O)=CC=C(Oc2cncc(Cl)c2)C1. The third-order valence-corrected chi connectivity index (χ3v) is 2.58. The van der Waals surface area contributed by atoms with E-state index in [0.29, 0.717) is 40.4 Å². The van der Waals surface area contributed by atoms with Gasteiger partial charge in [-0.15, -0.1) is 0 Å². The quantitative estimate of drug-likeness (QED) is 0.794. The Hall–Kier alpha value is -2.38. The molecule has 4 nitrogen and oxygen atoms in total. The maximum Gasteiger partial charge on any atom is 0.150 e. The molecule has 0 atom stereocenters. The summed E-state index contributed by atoms with van der Waals surface area (Å²) in [6.07, 6.45) is 8.83. The number of rotatable bonds is 3. The molecular formula is C14H9ClN2O2. The lowest BCUT2D eigenvalue weighted by molar-refractivity contribution is -0.104. The summed E-state index contributed by atoms with van der Waals surface area (Å²) < 4.78 is 5.60. The van der Waals surface area contributed by atoms with Crippen molar-refractivity contribution in [1.29, 1.82) is 5.26 Å². The van der Waals surface area contributed by atoms with Gasteiger partial charge in [-0.25, -0.2) is 0 Å². The third kappa shape index (κ3) is 3.54. The molecule has 0 bridgehead atoms. The van der Waals surface area contributed by atoms with Crippen LogP contribution in [0.5, 0.6) is 5.75 Å². The van der Waals surface area contributed by atoms with Crippen LogP contribution in [0.1, 0.15) is 6.42 Å². The molecule has 2 rings (SSSR count). The average Bonchev–Trinajstić information content (AvgIpc) is 2.61. The fourth-order valence-electron chi connectivity index (χ4n) is 1.55. The van der Waals surface area contributed by atoms with Gasteiger partial charge in [0, 0.05) is 29.8 Å². The highest BCUT2D eigenvalue weighted by Gasteiger charge is 2.09. The first-order chi connectivity index (χ1) is 9.21. The Morgan fingerprint density at radius 1 is 1.42 bits per heavy atom. The second-order valence-corrected chi connectivity index (χ2v) is 4.25. The average molecular weight is 273 g/mol. The van der Waals surface area contributed by atoms with Gasteiger partial charge in [0.15, 0.2) is 0 Å². The van der Waals surface area contributed by atoms with Crippen molar-refractivity contribution in [2.24, 2.45) is 0 Å². The molecule has 1 aromatic rings. The van der Waals surface area contributed by atoms with Gasteiger partial charge in [-0.2, -0.15) is 5.26 Å². The molecule has 0 fully saturated rings. The smallest absolute Gasteiger partial charge is 0.150 e. The lowest BCUT2D eigenvalue weighted by Crippen LogP contribution is -1.96. The first-order valence-electron chi connectivity index (χ1n) is 5.46. The number of hydrogen-bond donors (Lipinski definition) is 0. The Bertz CT molecular complexity index is 639. The van der Waals surface area contributed by atoms with Gasteiger partial charge in [-0.1, -0.05) is 11.6 Å². The number of aromatic nitrogens is 1. The maximum absolute atomic E-state index is 10.8. The lowest BCUT2D eigenvalue weighted by atomic mass is 10.1. The molecule has 1 aliphatic carbocycles. The van der Waals surface area contributed by atoms with Crippen molar-refractivity contribution in [2.45, 2.75) is 6.42 Å². The molecule has 94 valence electrons. The summed E-state index contributed by atoms with van der Waals surface area (Å²) in [5, 5.41) is 9.44. The monoisotopic (exact) mass is 272 g/mol. The Morgan fingerprint density at radius 3 is 2.95 bits per heavy atom. The van der Waals surface area contributed by atoms with E-state index in [-0.39, 0.29) is 0 Å². The Labute approximate surface area is 115 Å². The zero-order valence-corrected chi connectivity index (χ0v) is 10.6. The maximum atomic E-state index is 10.8. The molecule has 0 amide bonds. The molecule has 0 unspecified atom stereocenters. The van der Waals surface area contributed by atoms with E-state index in [1.165, 1.54) is 18.5 Å². The van der Waals surface area contributed by atoms with Crippen LogP contribution in [0.3, 0.4) is 0 Å². The van der Waals surface area contributed by atoms with Gasteiger partial charge in [0.05, 0.1) is 17.3 Å². The van der Waals surface area contributed by atoms with Gasteiger partial charge in [-0.05, 0) is 18.2 Å². The normalized spacial score (nSPS) is 14.4. The van der Waals surface area contributed by atoms with Gasteiger partial charge >= 0.3 is 0 Å². The van der Waals surface area contributed by atoms with E-state index in [9.17, 15) is 4.79 Å². The number of pyridine rings is 1. The third-order valence-electron chi connectivity index (χ3n) is 2.38. The van der Waals surface area contributed by atoms with E-state index in [4.69, 9.17) is 21.6 Å². The van der Waals surface area contributed by atoms with Gasteiger partial charge in [0.2, 0.25) is 0 Å². The van der Waals surface area contributed by atoms with Crippen molar-refractivity contribution in [2.75, 3.05) is 0 Å². The second kappa shape index (κ2) is 5.98. The van der Waals surface area contributed by atoms with Crippen molar-refractivity contribution in [3.05, 3.63) is 58.6 Å². The predicted octanol–water partition coefficient (Wildman–Crippen LogP) is 2.98. The van der Waals surface area contributed by atoms with Gasteiger partial charge in [0.1, 0.15) is 17.8 Å². The summed E-state index contributed by atoms with van der Waals surface area (Å²) in [5.41, 5.74) is 0.886. The summed E-state index contributed by atoms with van der Waals surface area (Å²) in [6, 6.07) is 3.66. The molecular weight excluding hydrogens is 264 g/mol. The van der Waals surface area contributed by atoms with Gasteiger partial charge in [0.25, 0.3) is 0 Å². The van der Waals surface area contributed by atoms with E-state index in [1.807, 2.05) is 6.07 Å². The van der Waals surface area contributed by atoms with Crippen LogP contribution in [-0.2, 0) is 4.79 Å². The van der Waals surface area contributed by atoms with Crippen LogP contribution in [0.15, 0.2) is 53.6 Å². The molecule has 1 heterocycles. The molecule has 1 aromatic heterocycles. The molecule has 19 heavy (non-hydrogen) atoms. The highest BCUT2D eigenvalue weighted by Crippen LogP contribution is 2.22. The summed E-state index contributed by atoms with van der Waals surface area (Å²) in [7, 11) is 0. The van der Waals surface area contributed by atoms with Crippen molar-refractivity contribution < 1.29 is 9.53 Å². The van der Waals surface area contributed by atoms with Crippen LogP contribution in [0.25, 0.3) is 0 Å². The minimum absolute atomic E-state index is 0.316. The number of nitrogens with zero attached hydrogens (tertiary/aromatic N) is 2. The highest BCUT2D eigenvalue weighted by molar-refractivity contribution is 6.30. The topological polar surface area (TPSA) is 63.0 Å². The summed E-state index contributed by atoms with van der Waals surface area (Å²) in [5.74, 6) is 1.03. The molecule has 1 aliphatic rings. The molecule has 0 aliphatic heterocycles. The van der Waals surface area contributed by atoms with Gasteiger partial charge < -0.3 is 4.74 Å². The number of hydrogen-bond acceptors (Lipinski definition) is 4. The standard InChI is InChI=1S/C14H9ClN2O2/c15-12-5-14(8-17-7-12)19-13-2-1-10(9-18)3-11(4-13)6-16/h1-3,5,7-9H,4H2. The number of aldehydes is 1. The van der Waals surface area contributed by atoms with Crippen molar-refractivity contribution in [1.82, 2.24) is 4.98 Å². The van der Waals surface area contributed by atoms with E-state index in [1.54, 1.807) is 18.2 Å². The fourth-order valence-corrected chi connectivity index (χ4v) is 1.71. The number of ether oxygens (including phenoxy) is 1. The first kappa shape index (κ1) is 13.1. The number of carbonyl (C=O) groups excluding carboxylic acids is 1. The fraction of sp³-hybridized carbons (Fsp3) is 0.0714.